The van der Waals surface area contributed by atoms with Crippen molar-refractivity contribution in [3.05, 3.63) is 30.1 Å². The number of methoxy groups -OCH3 is 1. The van der Waals surface area contributed by atoms with E-state index in [2.05, 4.69) is 4.74 Å². The average Bonchev–Trinajstić information content (AvgIpc) is 2.31. The Balaban J connectivity index is 2.28. The third-order valence-electron chi connectivity index (χ3n) is 2.19. The lowest BCUT2D eigenvalue weighted by Crippen LogP contribution is -2.28. The normalized spacial score (nSPS) is 10.6. The lowest BCUT2D eigenvalue weighted by atomic mass is 10.3. The maximum Gasteiger partial charge on any atom is 0.319 e. The standard InChI is InChI=1S/C12H16FNO2S/c1-14(9-12(15)16-2)7-8-17-11-6-4-3-5-10(11)13/h3-6H,7-9H2,1-2H3. The molecule has 5 heteroatoms. The van der Waals surface area contributed by atoms with E-state index in [1.165, 1.54) is 24.9 Å². The van der Waals surface area contributed by atoms with Crippen LogP contribution in [0.15, 0.2) is 29.2 Å². The number of esters is 1. The number of thioether (sulfide) groups is 1. The third kappa shape index (κ3) is 5.19. The summed E-state index contributed by atoms with van der Waals surface area (Å²) in [6.07, 6.45) is 0. The molecule has 0 radical (unpaired) electrons. The number of carbonyl (C=O) groups is 1. The molecule has 0 spiro atoms. The summed E-state index contributed by atoms with van der Waals surface area (Å²) in [7, 11) is 3.20. The molecule has 17 heavy (non-hydrogen) atoms. The topological polar surface area (TPSA) is 29.5 Å². The van der Waals surface area contributed by atoms with Crippen LogP contribution in [-0.4, -0.2) is 43.9 Å². The maximum atomic E-state index is 13.3. The molecule has 1 rings (SSSR count). The van der Waals surface area contributed by atoms with Crippen LogP contribution in [0, 0.1) is 5.82 Å². The summed E-state index contributed by atoms with van der Waals surface area (Å²) in [5.74, 6) is 0.269. The van der Waals surface area contributed by atoms with E-state index in [1.807, 2.05) is 18.0 Å². The minimum Gasteiger partial charge on any atom is -0.468 e. The molecule has 0 saturated heterocycles. The van der Waals surface area contributed by atoms with Crippen molar-refractivity contribution in [2.75, 3.05) is 33.0 Å². The van der Waals surface area contributed by atoms with Gasteiger partial charge in [0, 0.05) is 17.2 Å². The van der Waals surface area contributed by atoms with Crippen LogP contribution in [0.1, 0.15) is 0 Å². The van der Waals surface area contributed by atoms with Crippen LogP contribution < -0.4 is 0 Å². The number of benzene rings is 1. The van der Waals surface area contributed by atoms with Crippen molar-refractivity contribution in [2.24, 2.45) is 0 Å². The molecule has 94 valence electrons. The number of ether oxygens (including phenoxy) is 1. The molecule has 0 aliphatic heterocycles. The molecule has 0 aliphatic carbocycles. The predicted octanol–water partition coefficient (Wildman–Crippen LogP) is 2.02. The maximum absolute atomic E-state index is 13.3. The quantitative estimate of drug-likeness (QED) is 0.576. The fourth-order valence-electron chi connectivity index (χ4n) is 1.24. The molecule has 3 nitrogen and oxygen atoms in total. The Labute approximate surface area is 105 Å². The van der Waals surface area contributed by atoms with Crippen LogP contribution in [0.3, 0.4) is 0 Å². The molecular formula is C12H16FNO2S. The van der Waals surface area contributed by atoms with Gasteiger partial charge < -0.3 is 4.74 Å². The second-order valence-corrected chi connectivity index (χ2v) is 4.73. The number of halogens is 1. The van der Waals surface area contributed by atoms with Gasteiger partial charge in [-0.3, -0.25) is 9.69 Å². The Bertz CT molecular complexity index is 373. The molecule has 0 amide bonds. The molecule has 1 aromatic rings. The molecule has 0 saturated carbocycles. The van der Waals surface area contributed by atoms with Gasteiger partial charge in [0.2, 0.25) is 0 Å². The number of carbonyl (C=O) groups excluding carboxylic acids is 1. The van der Waals surface area contributed by atoms with Crippen molar-refractivity contribution in [2.45, 2.75) is 4.90 Å². The zero-order chi connectivity index (χ0) is 12.7. The first-order valence-corrected chi connectivity index (χ1v) is 6.24. The Morgan fingerprint density at radius 2 is 2.18 bits per heavy atom. The molecule has 0 unspecified atom stereocenters. The molecule has 0 aliphatic rings. The predicted molar refractivity (Wildman–Crippen MR) is 66.6 cm³/mol. The highest BCUT2D eigenvalue weighted by Crippen LogP contribution is 2.20. The van der Waals surface area contributed by atoms with E-state index in [1.54, 1.807) is 12.1 Å². The van der Waals surface area contributed by atoms with Gasteiger partial charge in [-0.25, -0.2) is 4.39 Å². The third-order valence-corrected chi connectivity index (χ3v) is 3.22. The highest BCUT2D eigenvalue weighted by molar-refractivity contribution is 7.99. The highest BCUT2D eigenvalue weighted by atomic mass is 32.2. The van der Waals surface area contributed by atoms with Gasteiger partial charge in [0.15, 0.2) is 0 Å². The molecule has 0 atom stereocenters. The van der Waals surface area contributed by atoms with Crippen molar-refractivity contribution in [3.63, 3.8) is 0 Å². The van der Waals surface area contributed by atoms with E-state index in [0.717, 1.165) is 5.75 Å². The second kappa shape index (κ2) is 7.29. The van der Waals surface area contributed by atoms with Crippen LogP contribution in [-0.2, 0) is 9.53 Å². The lowest BCUT2D eigenvalue weighted by molar-refractivity contribution is -0.141. The van der Waals surface area contributed by atoms with E-state index in [4.69, 9.17) is 0 Å². The first kappa shape index (κ1) is 14.0. The van der Waals surface area contributed by atoms with Crippen molar-refractivity contribution in [1.82, 2.24) is 4.90 Å². The number of nitrogens with zero attached hydrogens (tertiary/aromatic N) is 1. The summed E-state index contributed by atoms with van der Waals surface area (Å²) in [6.45, 7) is 0.961. The van der Waals surface area contributed by atoms with Gasteiger partial charge in [-0.2, -0.15) is 0 Å². The van der Waals surface area contributed by atoms with Crippen LogP contribution in [0.4, 0.5) is 4.39 Å². The number of hydrogen-bond acceptors (Lipinski definition) is 4. The van der Waals surface area contributed by atoms with E-state index in [0.29, 0.717) is 11.4 Å². The van der Waals surface area contributed by atoms with Gasteiger partial charge in [0.25, 0.3) is 0 Å². The monoisotopic (exact) mass is 257 g/mol. The van der Waals surface area contributed by atoms with Gasteiger partial charge in [0.1, 0.15) is 5.82 Å². The zero-order valence-electron chi connectivity index (χ0n) is 9.98. The molecule has 0 aromatic heterocycles. The summed E-state index contributed by atoms with van der Waals surface area (Å²) in [5, 5.41) is 0. The van der Waals surface area contributed by atoms with Crippen molar-refractivity contribution in [3.8, 4) is 0 Å². The molecule has 0 heterocycles. The average molecular weight is 257 g/mol. The molecule has 0 bridgehead atoms. The van der Waals surface area contributed by atoms with Gasteiger partial charge in [0.05, 0.1) is 13.7 Å². The summed E-state index contributed by atoms with van der Waals surface area (Å²) in [5.41, 5.74) is 0. The first-order valence-electron chi connectivity index (χ1n) is 5.26. The van der Waals surface area contributed by atoms with Gasteiger partial charge >= 0.3 is 5.97 Å². The zero-order valence-corrected chi connectivity index (χ0v) is 10.8. The highest BCUT2D eigenvalue weighted by Gasteiger charge is 2.06. The number of hydrogen-bond donors (Lipinski definition) is 0. The lowest BCUT2D eigenvalue weighted by Gasteiger charge is -2.14. The molecule has 1 aromatic carbocycles. The van der Waals surface area contributed by atoms with E-state index >= 15 is 0 Å². The summed E-state index contributed by atoms with van der Waals surface area (Å²) < 4.78 is 17.8. The Morgan fingerprint density at radius 1 is 1.47 bits per heavy atom. The SMILES string of the molecule is COC(=O)CN(C)CCSc1ccccc1F. The second-order valence-electron chi connectivity index (χ2n) is 3.59. The minimum absolute atomic E-state index is 0.201. The largest absolute Gasteiger partial charge is 0.468 e. The fourth-order valence-corrected chi connectivity index (χ4v) is 2.24. The smallest absolute Gasteiger partial charge is 0.319 e. The van der Waals surface area contributed by atoms with Crippen LogP contribution >= 0.6 is 11.8 Å². The van der Waals surface area contributed by atoms with Crippen molar-refractivity contribution < 1.29 is 13.9 Å². The molecule has 0 N–H and O–H groups in total. The van der Waals surface area contributed by atoms with Crippen molar-refractivity contribution >= 4 is 17.7 Å². The summed E-state index contributed by atoms with van der Waals surface area (Å²) in [4.78, 5) is 13.5. The Kier molecular flexibility index (Phi) is 6.00. The van der Waals surface area contributed by atoms with Gasteiger partial charge in [-0.05, 0) is 19.2 Å². The first-order chi connectivity index (χ1) is 8.13. The van der Waals surface area contributed by atoms with E-state index in [-0.39, 0.29) is 18.3 Å². The number of likely N-dealkylation sites (N-methyl/N-ethyl adjacent to an activating group) is 1. The summed E-state index contributed by atoms with van der Waals surface area (Å²) >= 11 is 1.44. The minimum atomic E-state index is -0.261. The van der Waals surface area contributed by atoms with Crippen LogP contribution in [0.25, 0.3) is 0 Å². The van der Waals surface area contributed by atoms with Crippen molar-refractivity contribution in [1.29, 1.82) is 0 Å². The van der Waals surface area contributed by atoms with E-state index in [9.17, 15) is 9.18 Å². The number of rotatable bonds is 6. The van der Waals surface area contributed by atoms with E-state index < -0.39 is 0 Å². The van der Waals surface area contributed by atoms with Gasteiger partial charge in [-0.1, -0.05) is 12.1 Å². The molecular weight excluding hydrogens is 241 g/mol. The fraction of sp³-hybridized carbons (Fsp3) is 0.417. The Hall–Kier alpha value is -1.07. The van der Waals surface area contributed by atoms with Crippen LogP contribution in [0.5, 0.6) is 0 Å². The molecule has 0 fully saturated rings. The summed E-state index contributed by atoms with van der Waals surface area (Å²) in [6, 6.07) is 6.67. The van der Waals surface area contributed by atoms with Gasteiger partial charge in [-0.15, -0.1) is 11.8 Å². The van der Waals surface area contributed by atoms with Crippen LogP contribution in [0.2, 0.25) is 0 Å². The Morgan fingerprint density at radius 3 is 2.82 bits per heavy atom.